The summed E-state index contributed by atoms with van der Waals surface area (Å²) >= 11 is 0. The van der Waals surface area contributed by atoms with Gasteiger partial charge in [-0.1, -0.05) is 57.4 Å². The highest BCUT2D eigenvalue weighted by Gasteiger charge is 1.96. The highest BCUT2D eigenvalue weighted by Crippen LogP contribution is 2.14. The van der Waals surface area contributed by atoms with Crippen molar-refractivity contribution >= 4 is 0 Å². The molecule has 0 radical (unpaired) electrons. The van der Waals surface area contributed by atoms with Gasteiger partial charge in [0.2, 0.25) is 0 Å². The van der Waals surface area contributed by atoms with E-state index in [0.717, 1.165) is 5.92 Å². The predicted molar refractivity (Wildman–Crippen MR) is 61.9 cm³/mol. The Balaban J connectivity index is 4.13. The van der Waals surface area contributed by atoms with Crippen LogP contribution >= 0.6 is 0 Å². The second kappa shape index (κ2) is 8.10. The Morgan fingerprint density at radius 3 is 2.46 bits per heavy atom. The molecule has 0 rings (SSSR count). The quantitative estimate of drug-likeness (QED) is 0.519. The molecular weight excluding hydrogens is 156 g/mol. The molecule has 0 amide bonds. The molecule has 1 unspecified atom stereocenters. The van der Waals surface area contributed by atoms with Gasteiger partial charge in [-0.25, -0.2) is 0 Å². The van der Waals surface area contributed by atoms with Crippen LogP contribution in [0.4, 0.5) is 0 Å². The SMILES string of the molecule is C/C=C\C(=C/C(C)CC)CCCC. The van der Waals surface area contributed by atoms with Gasteiger partial charge in [-0.2, -0.15) is 0 Å². The van der Waals surface area contributed by atoms with Crippen LogP contribution in [0.25, 0.3) is 0 Å². The van der Waals surface area contributed by atoms with Gasteiger partial charge < -0.3 is 0 Å². The molecule has 0 heteroatoms. The molecule has 0 spiro atoms. The minimum absolute atomic E-state index is 0.725. The molecule has 1 atom stereocenters. The van der Waals surface area contributed by atoms with E-state index in [1.807, 2.05) is 0 Å². The first-order chi connectivity index (χ1) is 6.24. The zero-order chi connectivity index (χ0) is 10.1. The van der Waals surface area contributed by atoms with Crippen LogP contribution in [0, 0.1) is 5.92 Å². The number of unbranched alkanes of at least 4 members (excludes halogenated alkanes) is 1. The van der Waals surface area contributed by atoms with E-state index in [-0.39, 0.29) is 0 Å². The summed E-state index contributed by atoms with van der Waals surface area (Å²) in [5, 5.41) is 0. The van der Waals surface area contributed by atoms with Crippen LogP contribution < -0.4 is 0 Å². The maximum absolute atomic E-state index is 2.41. The number of allylic oxidation sites excluding steroid dienone is 4. The van der Waals surface area contributed by atoms with Gasteiger partial charge in [0.1, 0.15) is 0 Å². The summed E-state index contributed by atoms with van der Waals surface area (Å²) in [5.74, 6) is 0.725. The van der Waals surface area contributed by atoms with Crippen molar-refractivity contribution in [1.29, 1.82) is 0 Å². The van der Waals surface area contributed by atoms with E-state index in [4.69, 9.17) is 0 Å². The van der Waals surface area contributed by atoms with Crippen LogP contribution in [0.3, 0.4) is 0 Å². The molecule has 0 fully saturated rings. The molecule has 0 aromatic carbocycles. The third-order valence-corrected chi connectivity index (χ3v) is 2.34. The zero-order valence-corrected chi connectivity index (χ0v) is 9.64. The molecular formula is C13H24. The fourth-order valence-corrected chi connectivity index (χ4v) is 1.30. The van der Waals surface area contributed by atoms with Gasteiger partial charge in [-0.05, 0) is 25.7 Å². The summed E-state index contributed by atoms with van der Waals surface area (Å²) in [6.45, 7) is 8.87. The highest BCUT2D eigenvalue weighted by molar-refractivity contribution is 5.18. The molecule has 0 bridgehead atoms. The predicted octanol–water partition coefficient (Wildman–Crippen LogP) is 4.73. The molecule has 13 heavy (non-hydrogen) atoms. The van der Waals surface area contributed by atoms with Gasteiger partial charge in [-0.15, -0.1) is 0 Å². The van der Waals surface area contributed by atoms with Gasteiger partial charge in [0, 0.05) is 0 Å². The minimum Gasteiger partial charge on any atom is -0.0874 e. The van der Waals surface area contributed by atoms with E-state index in [1.54, 1.807) is 0 Å². The van der Waals surface area contributed by atoms with Crippen molar-refractivity contribution in [1.82, 2.24) is 0 Å². The van der Waals surface area contributed by atoms with E-state index in [9.17, 15) is 0 Å². The molecule has 0 nitrogen and oxygen atoms in total. The molecule has 0 saturated heterocycles. The maximum atomic E-state index is 2.41. The number of hydrogen-bond donors (Lipinski definition) is 0. The largest absolute Gasteiger partial charge is 0.0874 e. The summed E-state index contributed by atoms with van der Waals surface area (Å²) in [7, 11) is 0. The van der Waals surface area contributed by atoms with E-state index >= 15 is 0 Å². The summed E-state index contributed by atoms with van der Waals surface area (Å²) < 4.78 is 0. The van der Waals surface area contributed by atoms with Crippen molar-refractivity contribution in [2.24, 2.45) is 5.92 Å². The van der Waals surface area contributed by atoms with E-state index < -0.39 is 0 Å². The van der Waals surface area contributed by atoms with Gasteiger partial charge >= 0.3 is 0 Å². The normalized spacial score (nSPS) is 15.2. The van der Waals surface area contributed by atoms with Gasteiger partial charge in [0.25, 0.3) is 0 Å². The summed E-state index contributed by atoms with van der Waals surface area (Å²) in [5.41, 5.74) is 1.51. The van der Waals surface area contributed by atoms with Crippen molar-refractivity contribution in [2.75, 3.05) is 0 Å². The lowest BCUT2D eigenvalue weighted by molar-refractivity contribution is 0.685. The number of rotatable bonds is 6. The van der Waals surface area contributed by atoms with Crippen LogP contribution in [-0.4, -0.2) is 0 Å². The van der Waals surface area contributed by atoms with E-state index in [0.29, 0.717) is 0 Å². The first-order valence-electron chi connectivity index (χ1n) is 5.57. The monoisotopic (exact) mass is 180 g/mol. The van der Waals surface area contributed by atoms with Crippen LogP contribution in [0.5, 0.6) is 0 Å². The van der Waals surface area contributed by atoms with Crippen LogP contribution in [0.1, 0.15) is 53.4 Å². The van der Waals surface area contributed by atoms with E-state index in [1.165, 1.54) is 31.3 Å². The average Bonchev–Trinajstić information content (AvgIpc) is 2.14. The van der Waals surface area contributed by atoms with Gasteiger partial charge in [0.15, 0.2) is 0 Å². The molecule has 0 aliphatic carbocycles. The molecule has 0 saturated carbocycles. The Labute approximate surface area is 83.7 Å². The third kappa shape index (κ3) is 6.62. The average molecular weight is 180 g/mol. The first-order valence-corrected chi connectivity index (χ1v) is 5.57. The minimum atomic E-state index is 0.725. The highest BCUT2D eigenvalue weighted by atomic mass is 14.0. The zero-order valence-electron chi connectivity index (χ0n) is 9.64. The second-order valence-corrected chi connectivity index (χ2v) is 3.73. The molecule has 76 valence electrons. The maximum Gasteiger partial charge on any atom is -0.0259 e. The lowest BCUT2D eigenvalue weighted by atomic mass is 10.0. The lowest BCUT2D eigenvalue weighted by Gasteiger charge is -2.05. The molecule has 0 aromatic rings. The van der Waals surface area contributed by atoms with Crippen LogP contribution in [0.2, 0.25) is 0 Å². The molecule has 0 heterocycles. The van der Waals surface area contributed by atoms with Crippen molar-refractivity contribution in [3.63, 3.8) is 0 Å². The molecule has 0 N–H and O–H groups in total. The fraction of sp³-hybridized carbons (Fsp3) is 0.692. The Hall–Kier alpha value is -0.520. The Bertz CT molecular complexity index is 163. The van der Waals surface area contributed by atoms with Gasteiger partial charge in [0.05, 0.1) is 0 Å². The van der Waals surface area contributed by atoms with Gasteiger partial charge in [-0.3, -0.25) is 0 Å². The lowest BCUT2D eigenvalue weighted by Crippen LogP contribution is -1.89. The van der Waals surface area contributed by atoms with Crippen molar-refractivity contribution < 1.29 is 0 Å². The van der Waals surface area contributed by atoms with Crippen molar-refractivity contribution in [3.8, 4) is 0 Å². The second-order valence-electron chi connectivity index (χ2n) is 3.73. The number of hydrogen-bond acceptors (Lipinski definition) is 0. The summed E-state index contributed by atoms with van der Waals surface area (Å²) in [4.78, 5) is 0. The van der Waals surface area contributed by atoms with Crippen LogP contribution in [-0.2, 0) is 0 Å². The smallest absolute Gasteiger partial charge is 0.0259 e. The topological polar surface area (TPSA) is 0 Å². The Kier molecular flexibility index (Phi) is 7.77. The van der Waals surface area contributed by atoms with Crippen LogP contribution in [0.15, 0.2) is 23.8 Å². The third-order valence-electron chi connectivity index (χ3n) is 2.34. The van der Waals surface area contributed by atoms with Crippen molar-refractivity contribution in [2.45, 2.75) is 53.4 Å². The first kappa shape index (κ1) is 12.5. The van der Waals surface area contributed by atoms with Crippen molar-refractivity contribution in [3.05, 3.63) is 23.8 Å². The Morgan fingerprint density at radius 2 is 2.00 bits per heavy atom. The molecule has 0 aliphatic rings. The van der Waals surface area contributed by atoms with E-state index in [2.05, 4.69) is 45.9 Å². The summed E-state index contributed by atoms with van der Waals surface area (Å²) in [6.07, 6.45) is 11.9. The fourth-order valence-electron chi connectivity index (χ4n) is 1.30. The summed E-state index contributed by atoms with van der Waals surface area (Å²) in [6, 6.07) is 0. The molecule has 0 aliphatic heterocycles. The Morgan fingerprint density at radius 1 is 1.31 bits per heavy atom. The molecule has 0 aromatic heterocycles. The standard InChI is InChI=1S/C13H24/c1-5-8-10-13(9-6-2)11-12(4)7-3/h6,9,11-12H,5,7-8,10H2,1-4H3/b9-6-,13-11+.